The molecule has 0 radical (unpaired) electrons. The molecular formula is C46H55N7O7. The van der Waals surface area contributed by atoms with E-state index in [4.69, 9.17) is 24.2 Å². The second kappa shape index (κ2) is 16.3. The standard InChI is InChI=1S/C46H55N7O7/c1-23(2)40(50-45(56)58-7)43(54)52-20-25(5)13-37(52)35-17-32-31-18-39-33(16-27(31)10-12-34(32)48-35)30-11-9-28(15-29(30)22-60-39)36-19-47-42(49-36)38-14-26(6)21-53(38)44(55)41(24(3)4)51-46(57)59-8/h9-12,15-16,18-19,23-26,37-38,40-41H,13-14,17,20-22H2,1-8H3,(H,47,49)(H,50,56)(H,51,57)/t25-,26-,37-,38-,40?,41-/m0/s1. The quantitative estimate of drug-likeness (QED) is 0.158. The summed E-state index contributed by atoms with van der Waals surface area (Å²) in [5, 5.41) is 7.65. The molecule has 3 N–H and O–H groups in total. The van der Waals surface area contributed by atoms with Crippen LogP contribution in [0.5, 0.6) is 5.75 Å². The van der Waals surface area contributed by atoms with Crippen LogP contribution in [-0.4, -0.2) is 94.9 Å². The number of ether oxygens (including phenoxy) is 3. The maximum absolute atomic E-state index is 13.9. The van der Waals surface area contributed by atoms with Crippen molar-refractivity contribution < 1.29 is 33.4 Å². The van der Waals surface area contributed by atoms with Crippen LogP contribution >= 0.6 is 0 Å². The van der Waals surface area contributed by atoms with Crippen LogP contribution in [0, 0.1) is 23.7 Å². The third kappa shape index (κ3) is 7.56. The normalized spacial score (nSPS) is 21.5. The predicted octanol–water partition coefficient (Wildman–Crippen LogP) is 7.33. The van der Waals surface area contributed by atoms with E-state index < -0.39 is 24.3 Å². The molecule has 0 saturated carbocycles. The maximum Gasteiger partial charge on any atom is 0.407 e. The van der Waals surface area contributed by atoms with Crippen LogP contribution in [0.2, 0.25) is 0 Å². The SMILES string of the molecule is COC(=O)NC(C(=O)N1C[C@@H](C)C[C@H]1C1=Nc2ccc3cc4c(cc3c2C1)OCc1cc(-c2cnc([C@@H]3C[C@H](C)CN3C(=O)[C@@H](NC(=O)OC)C(C)C)[nH]2)ccc1-4)C(C)C. The summed E-state index contributed by atoms with van der Waals surface area (Å²) in [7, 11) is 2.60. The fraction of sp³-hybridized carbons (Fsp3) is 0.478. The van der Waals surface area contributed by atoms with Crippen molar-refractivity contribution >= 4 is 46.2 Å². The highest BCUT2D eigenvalue weighted by molar-refractivity contribution is 6.06. The highest BCUT2D eigenvalue weighted by Crippen LogP contribution is 2.45. The lowest BCUT2D eigenvalue weighted by Gasteiger charge is -2.31. The Morgan fingerprint density at radius 3 is 2.08 bits per heavy atom. The molecule has 3 aromatic carbocycles. The number of aliphatic imine (C=N–C) groups is 1. The van der Waals surface area contributed by atoms with Crippen molar-refractivity contribution in [3.8, 4) is 28.1 Å². The van der Waals surface area contributed by atoms with E-state index in [2.05, 4.69) is 71.9 Å². The molecule has 4 amide bonds. The van der Waals surface area contributed by atoms with Crippen LogP contribution in [0.15, 0.2) is 53.7 Å². The number of imidazole rings is 1. The number of fused-ring (bicyclic) bond motifs is 6. The van der Waals surface area contributed by atoms with Gasteiger partial charge in [-0.05, 0) is 93.8 Å². The van der Waals surface area contributed by atoms with E-state index in [0.29, 0.717) is 37.9 Å². The number of benzene rings is 3. The van der Waals surface area contributed by atoms with Gasteiger partial charge in [-0.25, -0.2) is 14.6 Å². The average molecular weight is 818 g/mol. The highest BCUT2D eigenvalue weighted by Gasteiger charge is 2.42. The molecule has 2 saturated heterocycles. The van der Waals surface area contributed by atoms with Crippen molar-refractivity contribution in [1.29, 1.82) is 0 Å². The number of nitrogens with zero attached hydrogens (tertiary/aromatic N) is 4. The minimum Gasteiger partial charge on any atom is -0.488 e. The smallest absolute Gasteiger partial charge is 0.407 e. The number of likely N-dealkylation sites (tertiary alicyclic amines) is 2. The zero-order valence-electron chi connectivity index (χ0n) is 35.6. The second-order valence-electron chi connectivity index (χ2n) is 17.7. The Morgan fingerprint density at radius 2 is 1.45 bits per heavy atom. The average Bonchev–Trinajstić information content (AvgIpc) is 4.05. The van der Waals surface area contributed by atoms with E-state index in [1.54, 1.807) is 0 Å². The van der Waals surface area contributed by atoms with E-state index in [-0.39, 0.29) is 41.7 Å². The molecule has 4 aliphatic heterocycles. The second-order valence-corrected chi connectivity index (χ2v) is 17.7. The number of hydrogen-bond donors (Lipinski definition) is 3. The summed E-state index contributed by atoms with van der Waals surface area (Å²) >= 11 is 0. The van der Waals surface area contributed by atoms with Gasteiger partial charge in [0.1, 0.15) is 30.3 Å². The Hall–Kier alpha value is -5.92. The van der Waals surface area contributed by atoms with Crippen molar-refractivity contribution in [3.63, 3.8) is 0 Å². The third-order valence-corrected chi connectivity index (χ3v) is 12.6. The summed E-state index contributed by atoms with van der Waals surface area (Å²) in [4.78, 5) is 69.1. The van der Waals surface area contributed by atoms with Gasteiger partial charge in [-0.3, -0.25) is 14.6 Å². The molecule has 0 spiro atoms. The van der Waals surface area contributed by atoms with Gasteiger partial charge in [0, 0.05) is 30.8 Å². The number of amides is 4. The molecule has 6 atom stereocenters. The zero-order chi connectivity index (χ0) is 42.6. The van der Waals surface area contributed by atoms with Gasteiger partial charge in [-0.1, -0.05) is 59.7 Å². The van der Waals surface area contributed by atoms with Gasteiger partial charge in [0.15, 0.2) is 0 Å². The van der Waals surface area contributed by atoms with Crippen LogP contribution in [0.1, 0.15) is 77.4 Å². The molecule has 60 heavy (non-hydrogen) atoms. The van der Waals surface area contributed by atoms with E-state index in [1.807, 2.05) is 43.7 Å². The molecule has 316 valence electrons. The molecule has 14 heteroatoms. The number of carbonyl (C=O) groups is 4. The van der Waals surface area contributed by atoms with Crippen LogP contribution in [0.3, 0.4) is 0 Å². The molecule has 1 unspecified atom stereocenters. The van der Waals surface area contributed by atoms with Gasteiger partial charge in [-0.2, -0.15) is 0 Å². The molecule has 4 aromatic rings. The summed E-state index contributed by atoms with van der Waals surface area (Å²) in [6.07, 6.45) is 2.77. The zero-order valence-corrected chi connectivity index (χ0v) is 35.6. The van der Waals surface area contributed by atoms with Crippen molar-refractivity contribution in [2.24, 2.45) is 28.7 Å². The van der Waals surface area contributed by atoms with Crippen LogP contribution < -0.4 is 15.4 Å². The molecule has 8 rings (SSSR count). The van der Waals surface area contributed by atoms with Gasteiger partial charge in [0.2, 0.25) is 11.8 Å². The lowest BCUT2D eigenvalue weighted by molar-refractivity contribution is -0.136. The van der Waals surface area contributed by atoms with Gasteiger partial charge >= 0.3 is 12.2 Å². The number of hydrogen-bond acceptors (Lipinski definition) is 9. The first-order chi connectivity index (χ1) is 28.7. The number of aromatic amines is 1. The molecule has 1 aromatic heterocycles. The summed E-state index contributed by atoms with van der Waals surface area (Å²) in [6.45, 7) is 13.5. The Kier molecular flexibility index (Phi) is 11.1. The van der Waals surface area contributed by atoms with Crippen LogP contribution in [0.25, 0.3) is 33.2 Å². The number of nitrogens with one attached hydrogen (secondary N) is 3. The lowest BCUT2D eigenvalue weighted by Crippen LogP contribution is -2.53. The predicted molar refractivity (Wildman–Crippen MR) is 228 cm³/mol. The fourth-order valence-corrected chi connectivity index (χ4v) is 9.45. The first-order valence-electron chi connectivity index (χ1n) is 21.0. The molecule has 14 nitrogen and oxygen atoms in total. The first kappa shape index (κ1) is 40.8. The van der Waals surface area contributed by atoms with Crippen molar-refractivity contribution in [1.82, 2.24) is 30.4 Å². The van der Waals surface area contributed by atoms with E-state index in [9.17, 15) is 19.2 Å². The Balaban J connectivity index is 1.01. The van der Waals surface area contributed by atoms with Crippen molar-refractivity contribution in [3.05, 3.63) is 65.6 Å². The minimum absolute atomic E-state index is 0.112. The molecule has 5 heterocycles. The van der Waals surface area contributed by atoms with Crippen molar-refractivity contribution in [2.75, 3.05) is 27.3 Å². The molecule has 0 bridgehead atoms. The Bertz CT molecular complexity index is 2390. The molecule has 0 aliphatic carbocycles. The summed E-state index contributed by atoms with van der Waals surface area (Å²) in [5.41, 5.74) is 8.00. The van der Waals surface area contributed by atoms with Gasteiger partial charge < -0.3 is 39.6 Å². The first-order valence-corrected chi connectivity index (χ1v) is 21.0. The molecule has 2 fully saturated rings. The number of alkyl carbamates (subject to hydrolysis) is 2. The van der Waals surface area contributed by atoms with E-state index >= 15 is 0 Å². The summed E-state index contributed by atoms with van der Waals surface area (Å²) in [6, 6.07) is 13.1. The summed E-state index contributed by atoms with van der Waals surface area (Å²) in [5.74, 6) is 1.60. The number of H-pyrrole nitrogens is 1. The molecular weight excluding hydrogens is 763 g/mol. The third-order valence-electron chi connectivity index (χ3n) is 12.6. The number of rotatable bonds is 9. The summed E-state index contributed by atoms with van der Waals surface area (Å²) < 4.78 is 16.1. The minimum atomic E-state index is -0.710. The van der Waals surface area contributed by atoms with Gasteiger partial charge in [0.25, 0.3) is 0 Å². The van der Waals surface area contributed by atoms with E-state index in [1.165, 1.54) is 14.2 Å². The number of carbonyl (C=O) groups excluding carboxylic acids is 4. The maximum atomic E-state index is 13.9. The highest BCUT2D eigenvalue weighted by atomic mass is 16.5. The Morgan fingerprint density at radius 1 is 0.817 bits per heavy atom. The van der Waals surface area contributed by atoms with Gasteiger partial charge in [0.05, 0.1) is 43.9 Å². The van der Waals surface area contributed by atoms with E-state index in [0.717, 1.165) is 74.3 Å². The van der Waals surface area contributed by atoms with Crippen molar-refractivity contribution in [2.45, 2.75) is 91.6 Å². The van der Waals surface area contributed by atoms with Gasteiger partial charge in [-0.15, -0.1) is 0 Å². The molecule has 4 aliphatic rings. The van der Waals surface area contributed by atoms with Crippen LogP contribution in [0.4, 0.5) is 15.3 Å². The number of aromatic nitrogens is 2. The van der Waals surface area contributed by atoms with Crippen LogP contribution in [-0.2, 0) is 32.1 Å². The fourth-order valence-electron chi connectivity index (χ4n) is 9.45. The number of methoxy groups -OCH3 is 2. The monoisotopic (exact) mass is 817 g/mol. The Labute approximate surface area is 350 Å². The topological polar surface area (TPSA) is 168 Å². The lowest BCUT2D eigenvalue weighted by atomic mass is 9.90. The largest absolute Gasteiger partial charge is 0.488 e.